The number of benzene rings is 3. The zero-order chi connectivity index (χ0) is 25.3. The van der Waals surface area contributed by atoms with Gasteiger partial charge in [0.15, 0.2) is 11.5 Å². The Kier molecular flexibility index (Phi) is 8.86. The topological polar surface area (TPSA) is 97.3 Å². The van der Waals surface area contributed by atoms with Crippen LogP contribution in [0.4, 0.5) is 5.69 Å². The zero-order valence-corrected chi connectivity index (χ0v) is 20.8. The van der Waals surface area contributed by atoms with Crippen molar-refractivity contribution in [2.45, 2.75) is 25.2 Å². The fraction of sp³-hybridized carbons (Fsp3) is 0.231. The van der Waals surface area contributed by atoms with E-state index in [-0.39, 0.29) is 4.90 Å². The number of sulfonamides is 1. The minimum Gasteiger partial charge on any atom is -0.490 e. The van der Waals surface area contributed by atoms with Crippen molar-refractivity contribution in [2.75, 3.05) is 24.6 Å². The number of anilines is 1. The molecule has 0 fully saturated rings. The summed E-state index contributed by atoms with van der Waals surface area (Å²) < 4.78 is 38.0. The highest BCUT2D eigenvalue weighted by atomic mass is 32.2. The summed E-state index contributed by atoms with van der Waals surface area (Å²) in [5.41, 5.74) is 3.99. The van der Waals surface area contributed by atoms with E-state index in [4.69, 9.17) is 9.47 Å². The second kappa shape index (κ2) is 12.0. The molecule has 0 heterocycles. The summed E-state index contributed by atoms with van der Waals surface area (Å²) in [7, 11) is -2.23. The summed E-state index contributed by atoms with van der Waals surface area (Å²) in [6.07, 6.45) is 2.40. The van der Waals surface area contributed by atoms with Crippen molar-refractivity contribution in [1.82, 2.24) is 5.43 Å². The Morgan fingerprint density at radius 1 is 0.971 bits per heavy atom. The average Bonchev–Trinajstić information content (AvgIpc) is 2.88. The predicted molar refractivity (Wildman–Crippen MR) is 137 cm³/mol. The van der Waals surface area contributed by atoms with Crippen molar-refractivity contribution in [1.29, 1.82) is 0 Å². The number of ether oxygens (including phenoxy) is 2. The van der Waals surface area contributed by atoms with Gasteiger partial charge in [0, 0.05) is 12.6 Å². The van der Waals surface area contributed by atoms with Crippen LogP contribution in [0.2, 0.25) is 0 Å². The fourth-order valence-corrected chi connectivity index (χ4v) is 4.36. The number of carbonyl (C=O) groups is 1. The molecule has 3 rings (SSSR count). The van der Waals surface area contributed by atoms with E-state index >= 15 is 0 Å². The smallest absolute Gasteiger partial charge is 0.271 e. The Morgan fingerprint density at radius 3 is 2.34 bits per heavy atom. The molecule has 0 radical (unpaired) electrons. The first kappa shape index (κ1) is 25.8. The monoisotopic (exact) mass is 495 g/mol. The molecule has 8 nitrogen and oxygen atoms in total. The van der Waals surface area contributed by atoms with Crippen molar-refractivity contribution in [2.24, 2.45) is 5.10 Å². The SMILES string of the molecule is CCCOc1ccc(/C=N\NC(=O)c2ccc(N(C)S(=O)(=O)c3ccccc3)cc2)cc1OCC. The van der Waals surface area contributed by atoms with Crippen LogP contribution in [0.1, 0.15) is 36.2 Å². The Balaban J connectivity index is 1.65. The third-order valence-corrected chi connectivity index (χ3v) is 6.80. The zero-order valence-electron chi connectivity index (χ0n) is 20.0. The number of nitrogens with one attached hydrogen (secondary N) is 1. The molecule has 0 aliphatic heterocycles. The molecular formula is C26H29N3O5S. The number of amides is 1. The maximum atomic E-state index is 12.8. The van der Waals surface area contributed by atoms with Crippen molar-refractivity contribution in [3.63, 3.8) is 0 Å². The summed E-state index contributed by atoms with van der Waals surface area (Å²) in [5.74, 6) is 0.852. The standard InChI is InChI=1S/C26H29N3O5S/c1-4-17-34-24-16-11-20(18-25(24)33-5-2)19-27-28-26(30)21-12-14-22(15-13-21)29(3)35(31,32)23-9-7-6-8-10-23/h6-16,18-19H,4-5,17H2,1-3H3,(H,28,30)/b27-19-. The van der Waals surface area contributed by atoms with Gasteiger partial charge in [-0.15, -0.1) is 0 Å². The van der Waals surface area contributed by atoms with Gasteiger partial charge in [0.25, 0.3) is 15.9 Å². The lowest BCUT2D eigenvalue weighted by Gasteiger charge is -2.19. The lowest BCUT2D eigenvalue weighted by molar-refractivity contribution is 0.0955. The van der Waals surface area contributed by atoms with Gasteiger partial charge in [-0.2, -0.15) is 5.10 Å². The average molecular weight is 496 g/mol. The van der Waals surface area contributed by atoms with Crippen LogP contribution in [0, 0.1) is 0 Å². The molecule has 1 N–H and O–H groups in total. The van der Waals surface area contributed by atoms with Crippen LogP contribution in [0.3, 0.4) is 0 Å². The van der Waals surface area contributed by atoms with E-state index in [1.165, 1.54) is 29.7 Å². The van der Waals surface area contributed by atoms with E-state index in [0.29, 0.717) is 36.0 Å². The van der Waals surface area contributed by atoms with Gasteiger partial charge < -0.3 is 9.47 Å². The number of nitrogens with zero attached hydrogens (tertiary/aromatic N) is 2. The highest BCUT2D eigenvalue weighted by Crippen LogP contribution is 2.28. The first-order chi connectivity index (χ1) is 16.9. The minimum absolute atomic E-state index is 0.191. The molecule has 3 aromatic carbocycles. The first-order valence-electron chi connectivity index (χ1n) is 11.2. The van der Waals surface area contributed by atoms with Gasteiger partial charge in [0.1, 0.15) is 0 Å². The maximum Gasteiger partial charge on any atom is 0.271 e. The molecule has 0 spiro atoms. The van der Waals surface area contributed by atoms with Crippen LogP contribution in [-0.4, -0.2) is 40.8 Å². The quantitative estimate of drug-likeness (QED) is 0.313. The highest BCUT2D eigenvalue weighted by molar-refractivity contribution is 7.92. The molecule has 0 saturated heterocycles. The van der Waals surface area contributed by atoms with Gasteiger partial charge in [-0.05, 0) is 73.5 Å². The van der Waals surface area contributed by atoms with E-state index < -0.39 is 15.9 Å². The number of hydrogen-bond acceptors (Lipinski definition) is 6. The Morgan fingerprint density at radius 2 is 1.69 bits per heavy atom. The Hall–Kier alpha value is -3.85. The lowest BCUT2D eigenvalue weighted by Crippen LogP contribution is -2.26. The largest absolute Gasteiger partial charge is 0.490 e. The van der Waals surface area contributed by atoms with Gasteiger partial charge in [-0.1, -0.05) is 25.1 Å². The fourth-order valence-electron chi connectivity index (χ4n) is 3.15. The van der Waals surface area contributed by atoms with Gasteiger partial charge in [-0.3, -0.25) is 9.10 Å². The summed E-state index contributed by atoms with van der Waals surface area (Å²) in [6.45, 7) is 5.02. The molecule has 0 atom stereocenters. The third kappa shape index (κ3) is 6.60. The summed E-state index contributed by atoms with van der Waals surface area (Å²) in [5, 5.41) is 4.02. The van der Waals surface area contributed by atoms with Crippen LogP contribution < -0.4 is 19.2 Å². The van der Waals surface area contributed by atoms with E-state index in [0.717, 1.165) is 12.0 Å². The molecule has 0 saturated carbocycles. The summed E-state index contributed by atoms with van der Waals surface area (Å²) in [4.78, 5) is 12.7. The highest BCUT2D eigenvalue weighted by Gasteiger charge is 2.21. The normalized spacial score (nSPS) is 11.3. The van der Waals surface area contributed by atoms with Crippen LogP contribution in [0.5, 0.6) is 11.5 Å². The van der Waals surface area contributed by atoms with Gasteiger partial charge >= 0.3 is 0 Å². The molecule has 0 bridgehead atoms. The summed E-state index contributed by atoms with van der Waals surface area (Å²) >= 11 is 0. The molecule has 3 aromatic rings. The van der Waals surface area contributed by atoms with Crippen LogP contribution in [-0.2, 0) is 10.0 Å². The second-order valence-corrected chi connectivity index (χ2v) is 9.49. The van der Waals surface area contributed by atoms with Gasteiger partial charge in [-0.25, -0.2) is 13.8 Å². The number of hydrogen-bond donors (Lipinski definition) is 1. The van der Waals surface area contributed by atoms with Crippen LogP contribution >= 0.6 is 0 Å². The number of hydrazone groups is 1. The number of carbonyl (C=O) groups excluding carboxylic acids is 1. The lowest BCUT2D eigenvalue weighted by atomic mass is 10.2. The molecule has 0 unspecified atom stereocenters. The molecule has 35 heavy (non-hydrogen) atoms. The van der Waals surface area contributed by atoms with Crippen molar-refractivity contribution in [3.05, 3.63) is 83.9 Å². The second-order valence-electron chi connectivity index (χ2n) is 7.52. The predicted octanol–water partition coefficient (Wildman–Crippen LogP) is 4.46. The molecular weight excluding hydrogens is 466 g/mol. The molecule has 0 aromatic heterocycles. The third-order valence-electron chi connectivity index (χ3n) is 5.00. The van der Waals surface area contributed by atoms with E-state index in [2.05, 4.69) is 10.5 Å². The van der Waals surface area contributed by atoms with E-state index in [9.17, 15) is 13.2 Å². The molecule has 1 amide bonds. The van der Waals surface area contributed by atoms with Crippen LogP contribution in [0.15, 0.2) is 82.8 Å². The van der Waals surface area contributed by atoms with Gasteiger partial charge in [0.2, 0.25) is 0 Å². The Labute approximate surface area is 206 Å². The number of rotatable bonds is 11. The van der Waals surface area contributed by atoms with Crippen molar-refractivity contribution in [3.8, 4) is 11.5 Å². The molecule has 184 valence electrons. The van der Waals surface area contributed by atoms with Crippen molar-refractivity contribution >= 4 is 27.8 Å². The maximum absolute atomic E-state index is 12.8. The van der Waals surface area contributed by atoms with E-state index in [1.54, 1.807) is 48.5 Å². The van der Waals surface area contributed by atoms with Crippen LogP contribution in [0.25, 0.3) is 0 Å². The molecule has 9 heteroatoms. The minimum atomic E-state index is -3.70. The summed E-state index contributed by atoms with van der Waals surface area (Å²) in [6, 6.07) is 19.8. The van der Waals surface area contributed by atoms with Crippen molar-refractivity contribution < 1.29 is 22.7 Å². The molecule has 0 aliphatic rings. The Bertz CT molecular complexity index is 1260. The first-order valence-corrected chi connectivity index (χ1v) is 12.7. The van der Waals surface area contributed by atoms with Gasteiger partial charge in [0.05, 0.1) is 30.0 Å². The molecule has 0 aliphatic carbocycles. The van der Waals surface area contributed by atoms with E-state index in [1.807, 2.05) is 26.0 Å².